The molecule has 2 heterocycles. The van der Waals surface area contributed by atoms with Crippen LogP contribution in [-0.4, -0.2) is 5.78 Å². The molecule has 0 atom stereocenters. The highest BCUT2D eigenvalue weighted by atomic mass is 35.5. The molecule has 5 heteroatoms. The number of halogens is 2. The monoisotopic (exact) mass is 290 g/mol. The van der Waals surface area contributed by atoms with Crippen LogP contribution in [0.2, 0.25) is 8.67 Å². The largest absolute Gasteiger partial charge is 0.288 e. The van der Waals surface area contributed by atoms with Crippen molar-refractivity contribution in [2.24, 2.45) is 0 Å². The van der Waals surface area contributed by atoms with E-state index in [1.807, 2.05) is 12.1 Å². The molecular weight excluding hydrogens is 283 g/mol. The van der Waals surface area contributed by atoms with Gasteiger partial charge < -0.3 is 0 Å². The van der Waals surface area contributed by atoms with Gasteiger partial charge in [-0.15, -0.1) is 22.7 Å². The summed E-state index contributed by atoms with van der Waals surface area (Å²) in [6, 6.07) is 5.44. The molecule has 0 radical (unpaired) electrons. The molecule has 2 rings (SSSR count). The fourth-order valence-corrected chi connectivity index (χ4v) is 3.68. The minimum Gasteiger partial charge on any atom is -0.288 e. The maximum atomic E-state index is 12.1. The molecule has 2 aromatic rings. The summed E-state index contributed by atoms with van der Waals surface area (Å²) < 4.78 is 1.00. The molecule has 0 N–H and O–H groups in total. The zero-order chi connectivity index (χ0) is 11.7. The minimum atomic E-state index is -0.0437. The van der Waals surface area contributed by atoms with E-state index in [2.05, 4.69) is 6.92 Å². The first-order valence-corrected chi connectivity index (χ1v) is 7.09. The summed E-state index contributed by atoms with van der Waals surface area (Å²) in [5.41, 5.74) is 0.501. The second-order valence-corrected chi connectivity index (χ2v) is 6.64. The van der Waals surface area contributed by atoms with Crippen molar-refractivity contribution in [2.45, 2.75) is 13.3 Å². The third-order valence-corrected chi connectivity index (χ3v) is 4.85. The molecule has 0 aromatic carbocycles. The van der Waals surface area contributed by atoms with Crippen molar-refractivity contribution in [2.75, 3.05) is 0 Å². The SMILES string of the molecule is CCc1ccc(C(=O)c2cc(Cl)sc2Cl)s1. The Hall–Kier alpha value is -0.350. The van der Waals surface area contributed by atoms with Crippen molar-refractivity contribution in [1.29, 1.82) is 0 Å². The lowest BCUT2D eigenvalue weighted by Crippen LogP contribution is -1.96. The van der Waals surface area contributed by atoms with Gasteiger partial charge in [0.05, 0.1) is 14.8 Å². The third kappa shape index (κ3) is 2.33. The number of aryl methyl sites for hydroxylation is 1. The normalized spacial score (nSPS) is 10.7. The Morgan fingerprint density at radius 1 is 1.31 bits per heavy atom. The van der Waals surface area contributed by atoms with Crippen LogP contribution in [-0.2, 0) is 6.42 Å². The van der Waals surface area contributed by atoms with Gasteiger partial charge in [-0.25, -0.2) is 0 Å². The molecule has 0 aliphatic rings. The Bertz CT molecular complexity index is 528. The van der Waals surface area contributed by atoms with Crippen molar-refractivity contribution in [3.63, 3.8) is 0 Å². The quantitative estimate of drug-likeness (QED) is 0.734. The Kier molecular flexibility index (Phi) is 3.70. The fraction of sp³-hybridized carbons (Fsp3) is 0.182. The van der Waals surface area contributed by atoms with E-state index in [0.717, 1.165) is 6.42 Å². The number of hydrogen-bond acceptors (Lipinski definition) is 3. The molecule has 0 spiro atoms. The van der Waals surface area contributed by atoms with Gasteiger partial charge in [0.1, 0.15) is 4.34 Å². The van der Waals surface area contributed by atoms with Crippen LogP contribution in [0.25, 0.3) is 0 Å². The number of rotatable bonds is 3. The maximum absolute atomic E-state index is 12.1. The lowest BCUT2D eigenvalue weighted by molar-refractivity contribution is 0.104. The van der Waals surface area contributed by atoms with Gasteiger partial charge in [0.25, 0.3) is 0 Å². The number of carbonyl (C=O) groups excluding carboxylic acids is 1. The molecule has 0 saturated carbocycles. The Morgan fingerprint density at radius 2 is 2.06 bits per heavy atom. The Morgan fingerprint density at radius 3 is 2.56 bits per heavy atom. The number of ketones is 1. The molecule has 0 bridgehead atoms. The summed E-state index contributed by atoms with van der Waals surface area (Å²) in [6.07, 6.45) is 0.941. The second-order valence-electron chi connectivity index (χ2n) is 3.19. The van der Waals surface area contributed by atoms with Gasteiger partial charge in [-0.2, -0.15) is 0 Å². The van der Waals surface area contributed by atoms with Gasteiger partial charge in [-0.1, -0.05) is 30.1 Å². The van der Waals surface area contributed by atoms with Crippen LogP contribution >= 0.6 is 45.9 Å². The predicted molar refractivity (Wildman–Crippen MR) is 71.5 cm³/mol. The van der Waals surface area contributed by atoms with Crippen molar-refractivity contribution < 1.29 is 4.79 Å². The fourth-order valence-electron chi connectivity index (χ4n) is 1.32. The first-order chi connectivity index (χ1) is 7.61. The van der Waals surface area contributed by atoms with E-state index in [0.29, 0.717) is 19.1 Å². The van der Waals surface area contributed by atoms with Gasteiger partial charge in [-0.05, 0) is 24.6 Å². The van der Waals surface area contributed by atoms with Gasteiger partial charge >= 0.3 is 0 Å². The van der Waals surface area contributed by atoms with Crippen LogP contribution in [0.5, 0.6) is 0 Å². The first-order valence-electron chi connectivity index (χ1n) is 4.70. The summed E-state index contributed by atoms with van der Waals surface area (Å²) in [4.78, 5) is 14.0. The third-order valence-electron chi connectivity index (χ3n) is 2.14. The van der Waals surface area contributed by atoms with Crippen molar-refractivity contribution in [3.8, 4) is 0 Å². The van der Waals surface area contributed by atoms with E-state index in [1.54, 1.807) is 6.07 Å². The van der Waals surface area contributed by atoms with E-state index in [4.69, 9.17) is 23.2 Å². The summed E-state index contributed by atoms with van der Waals surface area (Å²) in [5.74, 6) is -0.0437. The molecular formula is C11H8Cl2OS2. The standard InChI is InChI=1S/C11H8Cl2OS2/c1-2-6-3-4-8(15-6)10(14)7-5-9(12)16-11(7)13/h3-5H,2H2,1H3. The smallest absolute Gasteiger partial charge is 0.205 e. The predicted octanol–water partition coefficient (Wildman–Crippen LogP) is 4.91. The highest BCUT2D eigenvalue weighted by Gasteiger charge is 2.17. The van der Waals surface area contributed by atoms with Crippen LogP contribution < -0.4 is 0 Å². The number of hydrogen-bond donors (Lipinski definition) is 0. The average Bonchev–Trinajstić information content (AvgIpc) is 2.84. The molecule has 0 aliphatic heterocycles. The molecule has 84 valence electrons. The van der Waals surface area contributed by atoms with E-state index in [1.165, 1.54) is 27.6 Å². The summed E-state index contributed by atoms with van der Waals surface area (Å²) in [5, 5.41) is 0. The summed E-state index contributed by atoms with van der Waals surface area (Å²) >= 11 is 14.5. The molecule has 1 nitrogen and oxygen atoms in total. The Balaban J connectivity index is 2.35. The van der Waals surface area contributed by atoms with Crippen LogP contribution in [0, 0.1) is 0 Å². The lowest BCUT2D eigenvalue weighted by Gasteiger charge is -1.94. The second kappa shape index (κ2) is 4.88. The molecule has 0 saturated heterocycles. The van der Waals surface area contributed by atoms with Gasteiger partial charge in [0, 0.05) is 4.88 Å². The van der Waals surface area contributed by atoms with Crippen LogP contribution in [0.1, 0.15) is 27.0 Å². The van der Waals surface area contributed by atoms with Crippen LogP contribution in [0.4, 0.5) is 0 Å². The zero-order valence-corrected chi connectivity index (χ0v) is 11.6. The topological polar surface area (TPSA) is 17.1 Å². The van der Waals surface area contributed by atoms with E-state index in [-0.39, 0.29) is 5.78 Å². The van der Waals surface area contributed by atoms with Crippen molar-refractivity contribution >= 4 is 51.7 Å². The number of carbonyl (C=O) groups is 1. The lowest BCUT2D eigenvalue weighted by atomic mass is 10.2. The summed E-state index contributed by atoms with van der Waals surface area (Å²) in [6.45, 7) is 2.06. The van der Waals surface area contributed by atoms with Crippen molar-refractivity contribution in [3.05, 3.63) is 42.2 Å². The van der Waals surface area contributed by atoms with E-state index in [9.17, 15) is 4.79 Å². The first kappa shape index (κ1) is 12.1. The molecule has 0 unspecified atom stereocenters. The highest BCUT2D eigenvalue weighted by molar-refractivity contribution is 7.20. The minimum absolute atomic E-state index is 0.0437. The molecule has 0 fully saturated rings. The molecule has 16 heavy (non-hydrogen) atoms. The maximum Gasteiger partial charge on any atom is 0.205 e. The van der Waals surface area contributed by atoms with Crippen LogP contribution in [0.3, 0.4) is 0 Å². The summed E-state index contributed by atoms with van der Waals surface area (Å²) in [7, 11) is 0. The zero-order valence-electron chi connectivity index (χ0n) is 8.42. The van der Waals surface area contributed by atoms with E-state index < -0.39 is 0 Å². The van der Waals surface area contributed by atoms with Gasteiger partial charge in [-0.3, -0.25) is 4.79 Å². The Labute approximate surface area is 112 Å². The van der Waals surface area contributed by atoms with Gasteiger partial charge in [0.15, 0.2) is 0 Å². The van der Waals surface area contributed by atoms with Crippen molar-refractivity contribution in [1.82, 2.24) is 0 Å². The number of thiophene rings is 2. The molecule has 0 amide bonds. The van der Waals surface area contributed by atoms with Gasteiger partial charge in [0.2, 0.25) is 5.78 Å². The highest BCUT2D eigenvalue weighted by Crippen LogP contribution is 2.33. The molecule has 0 aliphatic carbocycles. The van der Waals surface area contributed by atoms with E-state index >= 15 is 0 Å². The molecule has 2 aromatic heterocycles. The average molecular weight is 291 g/mol. The van der Waals surface area contributed by atoms with Crippen LogP contribution in [0.15, 0.2) is 18.2 Å².